The molecule has 1 aliphatic heterocycles. The molecule has 1 fully saturated rings. The number of hydrogen-bond donors (Lipinski definition) is 0. The van der Waals surface area contributed by atoms with Gasteiger partial charge in [-0.2, -0.15) is 0 Å². The maximum absolute atomic E-state index is 13.8. The number of amides is 1. The Kier molecular flexibility index (Phi) is 4.20. The van der Waals surface area contributed by atoms with E-state index in [1.54, 1.807) is 17.0 Å². The molecule has 1 atom stereocenters. The van der Waals surface area contributed by atoms with Crippen molar-refractivity contribution in [3.8, 4) is 0 Å². The van der Waals surface area contributed by atoms with E-state index in [1.165, 1.54) is 6.07 Å². The van der Waals surface area contributed by atoms with Crippen molar-refractivity contribution >= 4 is 5.91 Å². The Labute approximate surface area is 114 Å². The molecule has 0 bridgehead atoms. The van der Waals surface area contributed by atoms with Crippen molar-refractivity contribution < 1.29 is 9.18 Å². The van der Waals surface area contributed by atoms with Crippen LogP contribution in [0.15, 0.2) is 18.2 Å². The maximum Gasteiger partial charge on any atom is 0.256 e. The molecule has 0 aliphatic carbocycles. The molecule has 4 heteroatoms. The first-order chi connectivity index (χ1) is 8.99. The molecule has 2 rings (SSSR count). The zero-order chi connectivity index (χ0) is 14.0. The van der Waals surface area contributed by atoms with Crippen LogP contribution in [0.2, 0.25) is 0 Å². The summed E-state index contributed by atoms with van der Waals surface area (Å²) in [5.74, 6) is -0.615. The van der Waals surface area contributed by atoms with Crippen LogP contribution < -0.4 is 0 Å². The summed E-state index contributed by atoms with van der Waals surface area (Å²) in [7, 11) is 4.04. The molecule has 3 nitrogen and oxygen atoms in total. The van der Waals surface area contributed by atoms with Crippen LogP contribution in [-0.2, 0) is 0 Å². The van der Waals surface area contributed by atoms with Gasteiger partial charge in [-0.05, 0) is 46.0 Å². The number of halogens is 1. The van der Waals surface area contributed by atoms with E-state index in [0.717, 1.165) is 24.9 Å². The average molecular weight is 264 g/mol. The van der Waals surface area contributed by atoms with Gasteiger partial charge in [0.15, 0.2) is 0 Å². The Balaban J connectivity index is 2.17. The monoisotopic (exact) mass is 264 g/mol. The number of aryl methyl sites for hydroxylation is 1. The van der Waals surface area contributed by atoms with Gasteiger partial charge < -0.3 is 9.80 Å². The van der Waals surface area contributed by atoms with Crippen molar-refractivity contribution in [2.75, 3.05) is 27.2 Å². The van der Waals surface area contributed by atoms with Gasteiger partial charge in [0.2, 0.25) is 0 Å². The van der Waals surface area contributed by atoms with Crippen LogP contribution >= 0.6 is 0 Å². The van der Waals surface area contributed by atoms with Gasteiger partial charge >= 0.3 is 0 Å². The first kappa shape index (κ1) is 14.0. The molecule has 104 valence electrons. The highest BCUT2D eigenvalue weighted by molar-refractivity contribution is 5.94. The lowest BCUT2D eigenvalue weighted by Gasteiger charge is -2.36. The third kappa shape index (κ3) is 3.13. The Hall–Kier alpha value is -1.42. The van der Waals surface area contributed by atoms with E-state index < -0.39 is 5.82 Å². The number of hydrogen-bond acceptors (Lipinski definition) is 2. The van der Waals surface area contributed by atoms with Crippen LogP contribution in [0, 0.1) is 12.7 Å². The first-order valence-corrected chi connectivity index (χ1v) is 6.71. The van der Waals surface area contributed by atoms with E-state index in [2.05, 4.69) is 4.90 Å². The third-order valence-electron chi connectivity index (χ3n) is 3.77. The van der Waals surface area contributed by atoms with Gasteiger partial charge in [-0.15, -0.1) is 0 Å². The fourth-order valence-corrected chi connectivity index (χ4v) is 2.53. The summed E-state index contributed by atoms with van der Waals surface area (Å²) in [6.45, 7) is 3.27. The van der Waals surface area contributed by atoms with E-state index in [0.29, 0.717) is 12.6 Å². The average Bonchev–Trinajstić information content (AvgIpc) is 2.41. The lowest BCUT2D eigenvalue weighted by Crippen LogP contribution is -2.47. The van der Waals surface area contributed by atoms with Crippen LogP contribution in [0.3, 0.4) is 0 Å². The predicted molar refractivity (Wildman–Crippen MR) is 73.7 cm³/mol. The summed E-state index contributed by atoms with van der Waals surface area (Å²) >= 11 is 0. The molecule has 0 radical (unpaired) electrons. The van der Waals surface area contributed by atoms with Gasteiger partial charge in [0.25, 0.3) is 5.91 Å². The van der Waals surface area contributed by atoms with Crippen molar-refractivity contribution in [2.45, 2.75) is 25.8 Å². The minimum absolute atomic E-state index is 0.187. The quantitative estimate of drug-likeness (QED) is 0.818. The van der Waals surface area contributed by atoms with Crippen LogP contribution in [0.5, 0.6) is 0 Å². The Morgan fingerprint density at radius 3 is 2.84 bits per heavy atom. The van der Waals surface area contributed by atoms with Gasteiger partial charge in [0, 0.05) is 19.1 Å². The van der Waals surface area contributed by atoms with E-state index in [-0.39, 0.29) is 11.5 Å². The predicted octanol–water partition coefficient (Wildman–Crippen LogP) is 2.30. The van der Waals surface area contributed by atoms with Crippen LogP contribution in [0.1, 0.15) is 28.8 Å². The molecule has 1 saturated heterocycles. The molecular weight excluding hydrogens is 243 g/mol. The number of likely N-dealkylation sites (N-methyl/N-ethyl adjacent to an activating group) is 1. The second kappa shape index (κ2) is 5.70. The van der Waals surface area contributed by atoms with Crippen molar-refractivity contribution in [3.63, 3.8) is 0 Å². The molecular formula is C15H21FN2O. The second-order valence-corrected chi connectivity index (χ2v) is 5.49. The van der Waals surface area contributed by atoms with Crippen LogP contribution in [0.25, 0.3) is 0 Å². The number of rotatable bonds is 2. The van der Waals surface area contributed by atoms with Crippen molar-refractivity contribution in [1.82, 2.24) is 9.80 Å². The number of likely N-dealkylation sites (tertiary alicyclic amines) is 1. The standard InChI is InChI=1S/C15H21FN2O/c1-11-6-7-14(16)13(9-11)15(19)18-8-4-5-12(10-18)17(2)3/h6-7,9,12H,4-5,8,10H2,1-3H3. The van der Waals surface area contributed by atoms with E-state index >= 15 is 0 Å². The minimum Gasteiger partial charge on any atom is -0.337 e. The summed E-state index contributed by atoms with van der Waals surface area (Å²) in [5, 5.41) is 0. The Morgan fingerprint density at radius 1 is 1.42 bits per heavy atom. The largest absolute Gasteiger partial charge is 0.337 e. The molecule has 1 aliphatic rings. The summed E-state index contributed by atoms with van der Waals surface area (Å²) in [5.41, 5.74) is 1.10. The smallest absolute Gasteiger partial charge is 0.256 e. The fourth-order valence-electron chi connectivity index (χ4n) is 2.53. The fraction of sp³-hybridized carbons (Fsp3) is 0.533. The van der Waals surface area contributed by atoms with Gasteiger partial charge in [-0.3, -0.25) is 4.79 Å². The lowest BCUT2D eigenvalue weighted by atomic mass is 10.0. The first-order valence-electron chi connectivity index (χ1n) is 6.71. The molecule has 0 spiro atoms. The number of carbonyl (C=O) groups is 1. The third-order valence-corrected chi connectivity index (χ3v) is 3.77. The van der Waals surface area contributed by atoms with Gasteiger partial charge in [0.05, 0.1) is 5.56 Å². The Morgan fingerprint density at radius 2 is 2.16 bits per heavy atom. The van der Waals surface area contributed by atoms with Crippen LogP contribution in [0.4, 0.5) is 4.39 Å². The van der Waals surface area contributed by atoms with Crippen LogP contribution in [-0.4, -0.2) is 48.9 Å². The molecule has 19 heavy (non-hydrogen) atoms. The molecule has 1 aromatic carbocycles. The molecule has 0 aromatic heterocycles. The van der Waals surface area contributed by atoms with Crippen molar-refractivity contribution in [1.29, 1.82) is 0 Å². The van der Waals surface area contributed by atoms with Gasteiger partial charge in [-0.25, -0.2) is 4.39 Å². The second-order valence-electron chi connectivity index (χ2n) is 5.49. The lowest BCUT2D eigenvalue weighted by molar-refractivity contribution is 0.0630. The normalized spacial score (nSPS) is 19.8. The molecule has 1 unspecified atom stereocenters. The zero-order valence-corrected chi connectivity index (χ0v) is 11.8. The highest BCUT2D eigenvalue weighted by Crippen LogP contribution is 2.18. The summed E-state index contributed by atoms with van der Waals surface area (Å²) < 4.78 is 13.8. The topological polar surface area (TPSA) is 23.6 Å². The van der Waals surface area contributed by atoms with Crippen molar-refractivity contribution in [2.24, 2.45) is 0 Å². The van der Waals surface area contributed by atoms with Crippen molar-refractivity contribution in [3.05, 3.63) is 35.1 Å². The maximum atomic E-state index is 13.8. The van der Waals surface area contributed by atoms with Gasteiger partial charge in [0.1, 0.15) is 5.82 Å². The molecule has 1 aromatic rings. The number of nitrogens with zero attached hydrogens (tertiary/aromatic N) is 2. The van der Waals surface area contributed by atoms with Gasteiger partial charge in [-0.1, -0.05) is 11.6 Å². The minimum atomic E-state index is -0.428. The number of carbonyl (C=O) groups excluding carboxylic acids is 1. The van der Waals surface area contributed by atoms with E-state index in [4.69, 9.17) is 0 Å². The summed E-state index contributed by atoms with van der Waals surface area (Å²) in [6.07, 6.45) is 2.06. The summed E-state index contributed by atoms with van der Waals surface area (Å²) in [4.78, 5) is 16.3. The molecule has 0 saturated carbocycles. The SMILES string of the molecule is Cc1ccc(F)c(C(=O)N2CCCC(N(C)C)C2)c1. The molecule has 0 N–H and O–H groups in total. The number of piperidine rings is 1. The molecule has 1 heterocycles. The summed E-state index contributed by atoms with van der Waals surface area (Å²) in [6, 6.07) is 5.06. The highest BCUT2D eigenvalue weighted by Gasteiger charge is 2.26. The molecule has 1 amide bonds. The van der Waals surface area contributed by atoms with E-state index in [9.17, 15) is 9.18 Å². The number of benzene rings is 1. The zero-order valence-electron chi connectivity index (χ0n) is 11.8. The highest BCUT2D eigenvalue weighted by atomic mass is 19.1. The van der Waals surface area contributed by atoms with E-state index in [1.807, 2.05) is 21.0 Å². The Bertz CT molecular complexity index is 473.